The molecule has 5 rings (SSSR count). The Morgan fingerprint density at radius 3 is 2.38 bits per heavy atom. The molecule has 144 valence electrons. The van der Waals surface area contributed by atoms with Gasteiger partial charge in [0, 0.05) is 24.5 Å². The number of benzene rings is 2. The van der Waals surface area contributed by atoms with Gasteiger partial charge in [-0.2, -0.15) is 4.98 Å². The maximum absolute atomic E-state index is 13.5. The molecular formula is C21H16FN5O2. The number of nitrogens with one attached hydrogen (secondary N) is 1. The summed E-state index contributed by atoms with van der Waals surface area (Å²) in [6.45, 7) is 2.00. The van der Waals surface area contributed by atoms with Crippen LogP contribution in [-0.2, 0) is 7.05 Å². The second kappa shape index (κ2) is 6.03. The van der Waals surface area contributed by atoms with Gasteiger partial charge in [0.1, 0.15) is 5.82 Å². The molecule has 0 aliphatic heterocycles. The zero-order valence-electron chi connectivity index (χ0n) is 15.7. The molecule has 7 nitrogen and oxygen atoms in total. The molecule has 5 aromatic rings. The van der Waals surface area contributed by atoms with Crippen LogP contribution >= 0.6 is 0 Å². The van der Waals surface area contributed by atoms with Crippen LogP contribution in [0.4, 0.5) is 4.39 Å². The zero-order chi connectivity index (χ0) is 20.3. The Balaban J connectivity index is 1.94. The molecule has 29 heavy (non-hydrogen) atoms. The van der Waals surface area contributed by atoms with E-state index in [9.17, 15) is 14.0 Å². The van der Waals surface area contributed by atoms with Gasteiger partial charge in [-0.1, -0.05) is 17.7 Å². The van der Waals surface area contributed by atoms with Gasteiger partial charge in [-0.3, -0.25) is 23.3 Å². The number of aromatic nitrogens is 5. The van der Waals surface area contributed by atoms with E-state index in [1.807, 2.05) is 35.8 Å². The van der Waals surface area contributed by atoms with Gasteiger partial charge in [0.2, 0.25) is 5.78 Å². The minimum atomic E-state index is -0.524. The molecule has 2 aromatic carbocycles. The van der Waals surface area contributed by atoms with Gasteiger partial charge >= 0.3 is 5.69 Å². The fraction of sp³-hybridized carbons (Fsp3) is 0.0952. The lowest BCUT2D eigenvalue weighted by Crippen LogP contribution is -2.28. The first kappa shape index (κ1) is 17.2. The normalized spacial score (nSPS) is 11.6. The summed E-state index contributed by atoms with van der Waals surface area (Å²) in [6, 6.07) is 14.0. The highest BCUT2D eigenvalue weighted by atomic mass is 19.1. The number of halogens is 1. The second-order valence-corrected chi connectivity index (χ2v) is 6.96. The topological polar surface area (TPSA) is 77.1 Å². The number of aryl methyl sites for hydroxylation is 2. The van der Waals surface area contributed by atoms with Crippen LogP contribution in [-0.4, -0.2) is 23.5 Å². The van der Waals surface area contributed by atoms with Crippen LogP contribution in [0.1, 0.15) is 5.56 Å². The minimum absolute atomic E-state index is 0.274. The van der Waals surface area contributed by atoms with E-state index in [2.05, 4.69) is 9.97 Å². The zero-order valence-corrected chi connectivity index (χ0v) is 15.7. The Hall–Kier alpha value is -3.94. The maximum Gasteiger partial charge on any atom is 0.329 e. The molecule has 0 bridgehead atoms. The molecule has 0 spiro atoms. The molecule has 0 aliphatic rings. The quantitative estimate of drug-likeness (QED) is 0.504. The smallest absolute Gasteiger partial charge is 0.279 e. The molecule has 0 fully saturated rings. The van der Waals surface area contributed by atoms with Crippen molar-refractivity contribution in [2.24, 2.45) is 7.05 Å². The molecule has 0 aliphatic carbocycles. The summed E-state index contributed by atoms with van der Waals surface area (Å²) in [4.78, 5) is 31.4. The molecule has 0 unspecified atom stereocenters. The summed E-state index contributed by atoms with van der Waals surface area (Å²) in [5.74, 6) is 0.152. The summed E-state index contributed by atoms with van der Waals surface area (Å²) in [6.07, 6.45) is 1.78. The molecule has 0 radical (unpaired) electrons. The molecule has 0 saturated heterocycles. The van der Waals surface area contributed by atoms with E-state index in [-0.39, 0.29) is 11.3 Å². The molecular weight excluding hydrogens is 373 g/mol. The van der Waals surface area contributed by atoms with E-state index in [0.717, 1.165) is 22.5 Å². The second-order valence-electron chi connectivity index (χ2n) is 6.96. The minimum Gasteiger partial charge on any atom is -0.279 e. The molecule has 0 saturated carbocycles. The number of H-pyrrole nitrogens is 1. The lowest BCUT2D eigenvalue weighted by Gasteiger charge is -2.09. The Morgan fingerprint density at radius 2 is 1.69 bits per heavy atom. The third-order valence-electron chi connectivity index (χ3n) is 5.06. The Bertz CT molecular complexity index is 1500. The number of rotatable bonds is 2. The van der Waals surface area contributed by atoms with Gasteiger partial charge in [0.15, 0.2) is 11.2 Å². The SMILES string of the molecule is Cc1ccc(-n2c(-c3ccc(F)cc3)cn3c4c(=O)[nH]c(=O)n(C)c4nc23)cc1. The van der Waals surface area contributed by atoms with E-state index >= 15 is 0 Å². The number of fused-ring (bicyclic) bond motifs is 3. The van der Waals surface area contributed by atoms with E-state index in [4.69, 9.17) is 0 Å². The molecule has 1 N–H and O–H groups in total. The fourth-order valence-corrected chi connectivity index (χ4v) is 3.53. The average molecular weight is 389 g/mol. The van der Waals surface area contributed by atoms with Gasteiger partial charge in [-0.25, -0.2) is 9.18 Å². The van der Waals surface area contributed by atoms with E-state index in [1.165, 1.54) is 16.7 Å². The molecule has 0 amide bonds. The largest absolute Gasteiger partial charge is 0.329 e. The molecule has 8 heteroatoms. The van der Waals surface area contributed by atoms with Gasteiger partial charge in [0.25, 0.3) is 5.56 Å². The van der Waals surface area contributed by atoms with Crippen molar-refractivity contribution in [2.75, 3.05) is 0 Å². The summed E-state index contributed by atoms with van der Waals surface area (Å²) in [7, 11) is 1.56. The lowest BCUT2D eigenvalue weighted by atomic mass is 10.1. The van der Waals surface area contributed by atoms with Crippen LogP contribution in [0.2, 0.25) is 0 Å². The highest BCUT2D eigenvalue weighted by Gasteiger charge is 2.20. The van der Waals surface area contributed by atoms with E-state index in [1.54, 1.807) is 29.8 Å². The third kappa shape index (κ3) is 2.53. The number of hydrogen-bond acceptors (Lipinski definition) is 3. The van der Waals surface area contributed by atoms with Crippen molar-refractivity contribution in [3.63, 3.8) is 0 Å². The predicted octanol–water partition coefficient (Wildman–Crippen LogP) is 2.78. The maximum atomic E-state index is 13.5. The summed E-state index contributed by atoms with van der Waals surface area (Å²) < 4.78 is 18.3. The highest BCUT2D eigenvalue weighted by Crippen LogP contribution is 2.29. The van der Waals surface area contributed by atoms with Gasteiger partial charge < -0.3 is 0 Å². The summed E-state index contributed by atoms with van der Waals surface area (Å²) >= 11 is 0. The van der Waals surface area contributed by atoms with Gasteiger partial charge in [-0.05, 0) is 43.3 Å². The van der Waals surface area contributed by atoms with Crippen LogP contribution in [0.3, 0.4) is 0 Å². The van der Waals surface area contributed by atoms with Crippen LogP contribution in [0.5, 0.6) is 0 Å². The van der Waals surface area contributed by atoms with Crippen molar-refractivity contribution >= 4 is 16.9 Å². The van der Waals surface area contributed by atoms with Crippen LogP contribution < -0.4 is 11.2 Å². The van der Waals surface area contributed by atoms with Crippen molar-refractivity contribution in [2.45, 2.75) is 6.92 Å². The number of nitrogens with zero attached hydrogens (tertiary/aromatic N) is 4. The van der Waals surface area contributed by atoms with Crippen LogP contribution in [0.15, 0.2) is 64.3 Å². The average Bonchev–Trinajstić information content (AvgIpc) is 3.24. The molecule has 3 heterocycles. The monoisotopic (exact) mass is 389 g/mol. The van der Waals surface area contributed by atoms with Crippen molar-refractivity contribution in [3.05, 3.63) is 86.9 Å². The summed E-state index contributed by atoms with van der Waals surface area (Å²) in [5.41, 5.74) is 2.98. The number of hydrogen-bond donors (Lipinski definition) is 1. The number of imidazole rings is 2. The first-order chi connectivity index (χ1) is 13.9. The van der Waals surface area contributed by atoms with Crippen molar-refractivity contribution in [3.8, 4) is 16.9 Å². The Labute approximate surface area is 163 Å². The Morgan fingerprint density at radius 1 is 1.00 bits per heavy atom. The predicted molar refractivity (Wildman–Crippen MR) is 108 cm³/mol. The number of aromatic amines is 1. The molecule has 0 atom stereocenters. The van der Waals surface area contributed by atoms with Crippen molar-refractivity contribution < 1.29 is 4.39 Å². The fourth-order valence-electron chi connectivity index (χ4n) is 3.53. The van der Waals surface area contributed by atoms with E-state index in [0.29, 0.717) is 11.4 Å². The van der Waals surface area contributed by atoms with Crippen LogP contribution in [0.25, 0.3) is 33.9 Å². The first-order valence-electron chi connectivity index (χ1n) is 9.00. The lowest BCUT2D eigenvalue weighted by molar-refractivity contribution is 0.628. The highest BCUT2D eigenvalue weighted by molar-refractivity contribution is 5.79. The Kier molecular flexibility index (Phi) is 3.57. The van der Waals surface area contributed by atoms with Gasteiger partial charge in [0.05, 0.1) is 5.69 Å². The first-order valence-corrected chi connectivity index (χ1v) is 9.00. The van der Waals surface area contributed by atoms with Crippen LogP contribution in [0, 0.1) is 12.7 Å². The van der Waals surface area contributed by atoms with Crippen molar-refractivity contribution in [1.82, 2.24) is 23.5 Å². The third-order valence-corrected chi connectivity index (χ3v) is 5.06. The summed E-state index contributed by atoms with van der Waals surface area (Å²) in [5, 5.41) is 0. The van der Waals surface area contributed by atoms with E-state index < -0.39 is 11.2 Å². The standard InChI is InChI=1S/C21H16FN5O2/c1-12-3-9-15(10-4-12)27-16(13-5-7-14(22)8-6-13)11-26-17-18(23-20(26)27)25(2)21(29)24-19(17)28/h3-11H,1-2H3,(H,24,28,29). The van der Waals surface area contributed by atoms with Crippen molar-refractivity contribution in [1.29, 1.82) is 0 Å². The van der Waals surface area contributed by atoms with Gasteiger partial charge in [-0.15, -0.1) is 0 Å². The molecule has 3 aromatic heterocycles.